The highest BCUT2D eigenvalue weighted by Crippen LogP contribution is 2.39. The van der Waals surface area contributed by atoms with Crippen LogP contribution in [-0.4, -0.2) is 25.7 Å². The first-order valence-corrected chi connectivity index (χ1v) is 10.3. The van der Waals surface area contributed by atoms with Gasteiger partial charge in [0.25, 0.3) is 0 Å². The molecule has 2 aromatic heterocycles. The van der Waals surface area contributed by atoms with Gasteiger partial charge >= 0.3 is 0 Å². The fourth-order valence-electron chi connectivity index (χ4n) is 4.21. The maximum absolute atomic E-state index is 4.51. The quantitative estimate of drug-likeness (QED) is 0.690. The lowest BCUT2D eigenvalue weighted by Gasteiger charge is -2.36. The molecule has 0 N–H and O–H groups in total. The van der Waals surface area contributed by atoms with Crippen LogP contribution in [0.3, 0.4) is 0 Å². The Hall–Kier alpha value is -1.98. The SMILES string of the molecule is Cc1sc2c(c1Cc1ccccc1)CN(C1CCC1)Cc1nnc(C)n1-2. The van der Waals surface area contributed by atoms with Crippen molar-refractivity contribution in [1.82, 2.24) is 19.7 Å². The molecule has 26 heavy (non-hydrogen) atoms. The summed E-state index contributed by atoms with van der Waals surface area (Å²) in [7, 11) is 0. The fourth-order valence-corrected chi connectivity index (χ4v) is 5.46. The number of thiophene rings is 1. The zero-order valence-corrected chi connectivity index (χ0v) is 16.2. The largest absolute Gasteiger partial charge is 0.289 e. The summed E-state index contributed by atoms with van der Waals surface area (Å²) in [5, 5.41) is 10.2. The molecular weight excluding hydrogens is 340 g/mol. The zero-order chi connectivity index (χ0) is 17.7. The third-order valence-corrected chi connectivity index (χ3v) is 7.09. The summed E-state index contributed by atoms with van der Waals surface area (Å²) in [6, 6.07) is 11.5. The minimum Gasteiger partial charge on any atom is -0.289 e. The van der Waals surface area contributed by atoms with Crippen molar-refractivity contribution in [2.75, 3.05) is 0 Å². The minimum atomic E-state index is 0.705. The molecule has 5 heteroatoms. The minimum absolute atomic E-state index is 0.705. The van der Waals surface area contributed by atoms with Crippen LogP contribution in [0.2, 0.25) is 0 Å². The highest BCUT2D eigenvalue weighted by atomic mass is 32.1. The van der Waals surface area contributed by atoms with E-state index in [-0.39, 0.29) is 0 Å². The molecule has 0 atom stereocenters. The molecule has 0 unspecified atom stereocenters. The summed E-state index contributed by atoms with van der Waals surface area (Å²) in [5.41, 5.74) is 4.38. The molecule has 3 heterocycles. The molecule has 1 aromatic carbocycles. The number of hydrogen-bond acceptors (Lipinski definition) is 4. The van der Waals surface area contributed by atoms with Gasteiger partial charge in [-0.3, -0.25) is 9.47 Å². The molecule has 1 aliphatic heterocycles. The van der Waals surface area contributed by atoms with Gasteiger partial charge in [0.15, 0.2) is 5.82 Å². The lowest BCUT2D eigenvalue weighted by Crippen LogP contribution is -2.39. The number of benzene rings is 1. The Balaban J connectivity index is 1.62. The van der Waals surface area contributed by atoms with Gasteiger partial charge in [-0.2, -0.15) is 0 Å². The number of nitrogens with zero attached hydrogens (tertiary/aromatic N) is 4. The van der Waals surface area contributed by atoms with Gasteiger partial charge in [0.2, 0.25) is 0 Å². The topological polar surface area (TPSA) is 34.0 Å². The van der Waals surface area contributed by atoms with Gasteiger partial charge in [0.05, 0.1) is 6.54 Å². The second-order valence-electron chi connectivity index (χ2n) is 7.57. The molecule has 0 spiro atoms. The van der Waals surface area contributed by atoms with Gasteiger partial charge in [-0.15, -0.1) is 21.5 Å². The number of rotatable bonds is 3. The summed E-state index contributed by atoms with van der Waals surface area (Å²) in [6.45, 7) is 6.29. The predicted molar refractivity (Wildman–Crippen MR) is 105 cm³/mol. The molecule has 2 aliphatic rings. The molecule has 3 aromatic rings. The number of fused-ring (bicyclic) bond motifs is 3. The van der Waals surface area contributed by atoms with Crippen LogP contribution in [0.5, 0.6) is 0 Å². The third-order valence-electron chi connectivity index (χ3n) is 5.91. The van der Waals surface area contributed by atoms with Gasteiger partial charge < -0.3 is 0 Å². The van der Waals surface area contributed by atoms with E-state index in [0.717, 1.165) is 31.2 Å². The van der Waals surface area contributed by atoms with Crippen molar-refractivity contribution in [3.8, 4) is 5.00 Å². The highest BCUT2D eigenvalue weighted by molar-refractivity contribution is 7.14. The normalized spacial score (nSPS) is 17.5. The van der Waals surface area contributed by atoms with Crippen molar-refractivity contribution in [2.45, 2.75) is 58.7 Å². The van der Waals surface area contributed by atoms with Crippen molar-refractivity contribution >= 4 is 11.3 Å². The van der Waals surface area contributed by atoms with Gasteiger partial charge in [0, 0.05) is 23.0 Å². The van der Waals surface area contributed by atoms with E-state index in [1.165, 1.54) is 45.8 Å². The van der Waals surface area contributed by atoms with Crippen molar-refractivity contribution < 1.29 is 0 Å². The molecule has 1 saturated carbocycles. The van der Waals surface area contributed by atoms with Crippen LogP contribution in [0.15, 0.2) is 30.3 Å². The standard InChI is InChI=1S/C21H24N4S/c1-14-18(11-16-7-4-3-5-8-16)19-12-24(17-9-6-10-17)13-20-23-22-15(2)25(20)21(19)26-14/h3-5,7-8,17H,6,9-13H2,1-2H3. The molecule has 0 radical (unpaired) electrons. The molecule has 134 valence electrons. The van der Waals surface area contributed by atoms with E-state index in [1.807, 2.05) is 11.3 Å². The average molecular weight is 365 g/mol. The molecule has 4 nitrogen and oxygen atoms in total. The summed E-state index contributed by atoms with van der Waals surface area (Å²) in [5.74, 6) is 2.10. The van der Waals surface area contributed by atoms with E-state index in [2.05, 4.69) is 63.8 Å². The van der Waals surface area contributed by atoms with Gasteiger partial charge in [-0.1, -0.05) is 36.8 Å². The second kappa shape index (κ2) is 6.32. The van der Waals surface area contributed by atoms with Crippen molar-refractivity contribution in [1.29, 1.82) is 0 Å². The van der Waals surface area contributed by atoms with Crippen LogP contribution in [0.4, 0.5) is 0 Å². The van der Waals surface area contributed by atoms with Crippen LogP contribution in [-0.2, 0) is 19.5 Å². The van der Waals surface area contributed by atoms with Crippen LogP contribution in [0.25, 0.3) is 5.00 Å². The smallest absolute Gasteiger partial charge is 0.152 e. The summed E-state index contributed by atoms with van der Waals surface area (Å²) < 4.78 is 2.31. The second-order valence-corrected chi connectivity index (χ2v) is 8.77. The number of aryl methyl sites for hydroxylation is 2. The Bertz CT molecular complexity index is 937. The average Bonchev–Trinajstić information content (AvgIpc) is 3.03. The predicted octanol–water partition coefficient (Wildman–Crippen LogP) is 4.40. The maximum Gasteiger partial charge on any atom is 0.152 e. The Morgan fingerprint density at radius 1 is 1.08 bits per heavy atom. The van der Waals surface area contributed by atoms with Crippen molar-refractivity contribution in [2.24, 2.45) is 0 Å². The molecule has 0 bridgehead atoms. The summed E-state index contributed by atoms with van der Waals surface area (Å²) in [4.78, 5) is 4.06. The molecule has 0 saturated heterocycles. The number of hydrogen-bond donors (Lipinski definition) is 0. The Kier molecular flexibility index (Phi) is 3.94. The molecule has 0 amide bonds. The van der Waals surface area contributed by atoms with Crippen LogP contribution in [0.1, 0.15) is 52.5 Å². The van der Waals surface area contributed by atoms with E-state index in [9.17, 15) is 0 Å². The lowest BCUT2D eigenvalue weighted by molar-refractivity contribution is 0.110. The summed E-state index contributed by atoms with van der Waals surface area (Å²) >= 11 is 1.91. The lowest BCUT2D eigenvalue weighted by atomic mass is 9.91. The molecular formula is C21H24N4S. The van der Waals surface area contributed by atoms with Gasteiger partial charge in [0.1, 0.15) is 10.8 Å². The molecule has 1 fully saturated rings. The first kappa shape index (κ1) is 16.2. The fraction of sp³-hybridized carbons (Fsp3) is 0.429. The first-order valence-electron chi connectivity index (χ1n) is 9.51. The van der Waals surface area contributed by atoms with Gasteiger partial charge in [-0.25, -0.2) is 0 Å². The molecule has 1 aliphatic carbocycles. The van der Waals surface area contributed by atoms with Crippen molar-refractivity contribution in [3.05, 3.63) is 63.5 Å². The Morgan fingerprint density at radius 3 is 2.62 bits per heavy atom. The van der Waals surface area contributed by atoms with Crippen LogP contribution < -0.4 is 0 Å². The Labute approximate surface area is 158 Å². The maximum atomic E-state index is 4.51. The summed E-state index contributed by atoms with van der Waals surface area (Å²) in [6.07, 6.45) is 5.01. The molecule has 5 rings (SSSR count). The van der Waals surface area contributed by atoms with E-state index in [4.69, 9.17) is 0 Å². The van der Waals surface area contributed by atoms with Crippen LogP contribution >= 0.6 is 11.3 Å². The van der Waals surface area contributed by atoms with Crippen molar-refractivity contribution in [3.63, 3.8) is 0 Å². The van der Waals surface area contributed by atoms with E-state index < -0.39 is 0 Å². The highest BCUT2D eigenvalue weighted by Gasteiger charge is 2.32. The first-order chi connectivity index (χ1) is 12.7. The third kappa shape index (κ3) is 2.61. The zero-order valence-electron chi connectivity index (χ0n) is 15.4. The number of aromatic nitrogens is 3. The van der Waals surface area contributed by atoms with E-state index in [0.29, 0.717) is 6.04 Å². The van der Waals surface area contributed by atoms with E-state index >= 15 is 0 Å². The van der Waals surface area contributed by atoms with E-state index in [1.54, 1.807) is 0 Å². The van der Waals surface area contributed by atoms with Gasteiger partial charge in [-0.05, 0) is 44.2 Å². The van der Waals surface area contributed by atoms with Crippen LogP contribution in [0, 0.1) is 13.8 Å². The Morgan fingerprint density at radius 2 is 1.88 bits per heavy atom. The monoisotopic (exact) mass is 364 g/mol.